The molecular formula is C6H15NO2. The number of aliphatic hydroxyl groups is 1. The average molecular weight is 133 g/mol. The van der Waals surface area contributed by atoms with Crippen molar-refractivity contribution < 1.29 is 9.94 Å². The fourth-order valence-corrected chi connectivity index (χ4v) is 0.500. The van der Waals surface area contributed by atoms with Crippen LogP contribution in [0.4, 0.5) is 0 Å². The van der Waals surface area contributed by atoms with Gasteiger partial charge in [-0.05, 0) is 6.42 Å². The molecule has 0 heterocycles. The monoisotopic (exact) mass is 133 g/mol. The third-order valence-corrected chi connectivity index (χ3v) is 1.25. The third kappa shape index (κ3) is 4.39. The Balaban J connectivity index is 3.22. The van der Waals surface area contributed by atoms with Crippen LogP contribution >= 0.6 is 0 Å². The van der Waals surface area contributed by atoms with Crippen molar-refractivity contribution in [3.8, 4) is 0 Å². The lowest BCUT2D eigenvalue weighted by Gasteiger charge is -2.16. The minimum absolute atomic E-state index is 0.269. The van der Waals surface area contributed by atoms with Crippen molar-refractivity contribution in [1.29, 1.82) is 0 Å². The maximum absolute atomic E-state index is 9.04. The molecule has 0 aromatic rings. The topological polar surface area (TPSA) is 32.7 Å². The van der Waals surface area contributed by atoms with E-state index in [0.717, 1.165) is 6.42 Å². The number of hydroxylamine groups is 2. The van der Waals surface area contributed by atoms with Gasteiger partial charge < -0.3 is 9.94 Å². The van der Waals surface area contributed by atoms with Gasteiger partial charge >= 0.3 is 0 Å². The van der Waals surface area contributed by atoms with Crippen molar-refractivity contribution >= 4 is 0 Å². The molecule has 1 unspecified atom stereocenters. The molecular weight excluding hydrogens is 118 g/mol. The van der Waals surface area contributed by atoms with E-state index in [4.69, 9.17) is 9.94 Å². The summed E-state index contributed by atoms with van der Waals surface area (Å²) in [5.74, 6) is 0. The van der Waals surface area contributed by atoms with Crippen LogP contribution in [0.25, 0.3) is 0 Å². The highest BCUT2D eigenvalue weighted by molar-refractivity contribution is 4.51. The molecule has 0 aliphatic rings. The van der Waals surface area contributed by atoms with E-state index < -0.39 is 0 Å². The molecule has 0 saturated heterocycles. The Morgan fingerprint density at radius 1 is 1.67 bits per heavy atom. The summed E-state index contributed by atoms with van der Waals surface area (Å²) >= 11 is 0. The predicted octanol–water partition coefficient (Wildman–Crippen LogP) is 0.250. The lowest BCUT2D eigenvalue weighted by molar-refractivity contribution is -0.127. The molecule has 0 aliphatic heterocycles. The van der Waals surface area contributed by atoms with Gasteiger partial charge in [-0.2, -0.15) is 5.06 Å². The van der Waals surface area contributed by atoms with Crippen molar-refractivity contribution in [2.45, 2.75) is 19.4 Å². The van der Waals surface area contributed by atoms with Crippen molar-refractivity contribution in [2.24, 2.45) is 0 Å². The normalized spacial score (nSPS) is 14.3. The Hall–Kier alpha value is -0.120. The molecule has 1 atom stereocenters. The summed E-state index contributed by atoms with van der Waals surface area (Å²) in [6.07, 6.45) is 0.503. The van der Waals surface area contributed by atoms with E-state index in [1.807, 2.05) is 6.92 Å². The zero-order chi connectivity index (χ0) is 7.28. The van der Waals surface area contributed by atoms with Gasteiger partial charge in [-0.1, -0.05) is 6.92 Å². The van der Waals surface area contributed by atoms with Gasteiger partial charge in [0.15, 0.2) is 0 Å². The molecule has 0 rings (SSSR count). The summed E-state index contributed by atoms with van der Waals surface area (Å²) in [7, 11) is 3.38. The Morgan fingerprint density at radius 2 is 2.22 bits per heavy atom. The number of rotatable bonds is 4. The SMILES string of the molecule is CCC(O)CN(C)OC. The van der Waals surface area contributed by atoms with Crippen LogP contribution in [0.5, 0.6) is 0 Å². The van der Waals surface area contributed by atoms with Gasteiger partial charge in [-0.25, -0.2) is 0 Å². The second-order valence-electron chi connectivity index (χ2n) is 2.06. The molecule has 0 saturated carbocycles. The maximum Gasteiger partial charge on any atom is 0.0687 e. The molecule has 0 spiro atoms. The summed E-state index contributed by atoms with van der Waals surface area (Å²) in [6.45, 7) is 2.52. The molecule has 0 bridgehead atoms. The van der Waals surface area contributed by atoms with E-state index in [-0.39, 0.29) is 6.10 Å². The highest BCUT2D eigenvalue weighted by atomic mass is 16.7. The van der Waals surface area contributed by atoms with Crippen molar-refractivity contribution in [1.82, 2.24) is 5.06 Å². The van der Waals surface area contributed by atoms with Gasteiger partial charge in [0.05, 0.1) is 13.2 Å². The van der Waals surface area contributed by atoms with Crippen LogP contribution in [-0.2, 0) is 4.84 Å². The molecule has 3 nitrogen and oxygen atoms in total. The first kappa shape index (κ1) is 8.88. The van der Waals surface area contributed by atoms with Gasteiger partial charge in [-0.3, -0.25) is 0 Å². The van der Waals surface area contributed by atoms with E-state index in [1.165, 1.54) is 0 Å². The smallest absolute Gasteiger partial charge is 0.0687 e. The Kier molecular flexibility index (Phi) is 4.67. The van der Waals surface area contributed by atoms with Crippen LogP contribution in [0.15, 0.2) is 0 Å². The molecule has 3 heteroatoms. The minimum Gasteiger partial charge on any atom is -0.392 e. The molecule has 9 heavy (non-hydrogen) atoms. The standard InChI is InChI=1S/C6H15NO2/c1-4-6(8)5-7(2)9-3/h6,8H,4-5H2,1-3H3. The second kappa shape index (κ2) is 4.73. The van der Waals surface area contributed by atoms with Gasteiger partial charge in [0.2, 0.25) is 0 Å². The van der Waals surface area contributed by atoms with E-state index in [9.17, 15) is 0 Å². The molecule has 0 amide bonds. The first-order valence-electron chi connectivity index (χ1n) is 3.14. The van der Waals surface area contributed by atoms with Crippen LogP contribution in [0.3, 0.4) is 0 Å². The first-order chi connectivity index (χ1) is 4.20. The fraction of sp³-hybridized carbons (Fsp3) is 1.00. The summed E-state index contributed by atoms with van der Waals surface area (Å²) in [5, 5.41) is 10.6. The van der Waals surface area contributed by atoms with E-state index >= 15 is 0 Å². The molecule has 0 aromatic carbocycles. The third-order valence-electron chi connectivity index (χ3n) is 1.25. The lowest BCUT2D eigenvalue weighted by atomic mass is 10.3. The van der Waals surface area contributed by atoms with Gasteiger partial charge in [0.1, 0.15) is 0 Å². The Bertz CT molecular complexity index is 60.1. The number of aliphatic hydroxyl groups excluding tert-OH is 1. The maximum atomic E-state index is 9.04. The first-order valence-corrected chi connectivity index (χ1v) is 3.14. The van der Waals surface area contributed by atoms with Gasteiger partial charge in [0.25, 0.3) is 0 Å². The van der Waals surface area contributed by atoms with E-state index in [0.29, 0.717) is 6.54 Å². The number of hydrogen-bond donors (Lipinski definition) is 1. The fourth-order valence-electron chi connectivity index (χ4n) is 0.500. The zero-order valence-corrected chi connectivity index (χ0v) is 6.29. The van der Waals surface area contributed by atoms with Crippen LogP contribution in [0.1, 0.15) is 13.3 Å². The largest absolute Gasteiger partial charge is 0.392 e. The number of hydrogen-bond acceptors (Lipinski definition) is 3. The average Bonchev–Trinajstić information content (AvgIpc) is 1.87. The second-order valence-corrected chi connectivity index (χ2v) is 2.06. The van der Waals surface area contributed by atoms with E-state index in [2.05, 4.69) is 0 Å². The van der Waals surface area contributed by atoms with Crippen LogP contribution < -0.4 is 0 Å². The number of likely N-dealkylation sites (N-methyl/N-ethyl adjacent to an activating group) is 1. The van der Waals surface area contributed by atoms with Crippen LogP contribution in [0.2, 0.25) is 0 Å². The highest BCUT2D eigenvalue weighted by Crippen LogP contribution is 1.92. The molecule has 0 aliphatic carbocycles. The summed E-state index contributed by atoms with van der Waals surface area (Å²) in [6, 6.07) is 0. The minimum atomic E-state index is -0.269. The molecule has 0 fully saturated rings. The quantitative estimate of drug-likeness (QED) is 0.558. The number of nitrogens with zero attached hydrogens (tertiary/aromatic N) is 1. The van der Waals surface area contributed by atoms with Gasteiger partial charge in [-0.15, -0.1) is 0 Å². The Morgan fingerprint density at radius 3 is 2.56 bits per heavy atom. The predicted molar refractivity (Wildman–Crippen MR) is 35.9 cm³/mol. The summed E-state index contributed by atoms with van der Waals surface area (Å²) in [5.41, 5.74) is 0. The van der Waals surface area contributed by atoms with Gasteiger partial charge in [0, 0.05) is 13.6 Å². The van der Waals surface area contributed by atoms with E-state index in [1.54, 1.807) is 19.2 Å². The van der Waals surface area contributed by atoms with Crippen molar-refractivity contribution in [3.63, 3.8) is 0 Å². The summed E-state index contributed by atoms with van der Waals surface area (Å²) < 4.78 is 0. The highest BCUT2D eigenvalue weighted by Gasteiger charge is 2.03. The Labute approximate surface area is 56.2 Å². The molecule has 0 aromatic heterocycles. The van der Waals surface area contributed by atoms with Crippen molar-refractivity contribution in [2.75, 3.05) is 20.7 Å². The zero-order valence-electron chi connectivity index (χ0n) is 6.29. The summed E-state index contributed by atoms with van der Waals surface area (Å²) in [4.78, 5) is 4.80. The molecule has 56 valence electrons. The molecule has 1 N–H and O–H groups in total. The van der Waals surface area contributed by atoms with Crippen LogP contribution in [0, 0.1) is 0 Å². The lowest BCUT2D eigenvalue weighted by Crippen LogP contribution is -2.27. The molecule has 0 radical (unpaired) electrons. The van der Waals surface area contributed by atoms with Crippen molar-refractivity contribution in [3.05, 3.63) is 0 Å². The van der Waals surface area contributed by atoms with Crippen LogP contribution in [-0.4, -0.2) is 37.0 Å².